The Hall–Kier alpha value is -1.51. The molecule has 2 rings (SSSR count). The minimum atomic E-state index is -0.0503. The second kappa shape index (κ2) is 3.93. The van der Waals surface area contributed by atoms with Gasteiger partial charge in [-0.1, -0.05) is 13.0 Å². The molecule has 1 aromatic rings. The number of nitrogens with zero attached hydrogens (tertiary/aromatic N) is 1. The SMILES string of the molecule is CC(C=O)c1ccc2c(c1)N(C)CCO2. The fourth-order valence-corrected chi connectivity index (χ4v) is 1.73. The van der Waals surface area contributed by atoms with Gasteiger partial charge in [0.15, 0.2) is 0 Å². The number of carbonyl (C=O) groups is 1. The Balaban J connectivity index is 2.39. The van der Waals surface area contributed by atoms with Crippen LogP contribution in [0.15, 0.2) is 18.2 Å². The first kappa shape index (κ1) is 10.0. The maximum Gasteiger partial charge on any atom is 0.142 e. The highest BCUT2D eigenvalue weighted by Crippen LogP contribution is 2.33. The number of benzene rings is 1. The molecule has 1 atom stereocenters. The maximum absolute atomic E-state index is 10.7. The highest BCUT2D eigenvalue weighted by molar-refractivity contribution is 5.67. The first-order chi connectivity index (χ1) is 7.22. The Bertz CT molecular complexity index is 376. The Kier molecular flexibility index (Phi) is 2.62. The molecule has 0 aliphatic carbocycles. The molecule has 0 aromatic heterocycles. The first-order valence-electron chi connectivity index (χ1n) is 5.15. The van der Waals surface area contributed by atoms with Gasteiger partial charge in [-0.05, 0) is 17.7 Å². The smallest absolute Gasteiger partial charge is 0.142 e. The number of fused-ring (bicyclic) bond motifs is 1. The van der Waals surface area contributed by atoms with Crippen molar-refractivity contribution in [3.63, 3.8) is 0 Å². The third-order valence-electron chi connectivity index (χ3n) is 2.81. The van der Waals surface area contributed by atoms with E-state index in [1.54, 1.807) is 0 Å². The Morgan fingerprint density at radius 3 is 3.07 bits per heavy atom. The van der Waals surface area contributed by atoms with E-state index in [-0.39, 0.29) is 5.92 Å². The molecule has 0 saturated carbocycles. The topological polar surface area (TPSA) is 29.5 Å². The van der Waals surface area contributed by atoms with Gasteiger partial charge in [-0.15, -0.1) is 0 Å². The van der Waals surface area contributed by atoms with Gasteiger partial charge < -0.3 is 14.4 Å². The van der Waals surface area contributed by atoms with Crippen molar-refractivity contribution in [1.82, 2.24) is 0 Å². The summed E-state index contributed by atoms with van der Waals surface area (Å²) in [7, 11) is 2.04. The van der Waals surface area contributed by atoms with Crippen molar-refractivity contribution in [2.45, 2.75) is 12.8 Å². The zero-order chi connectivity index (χ0) is 10.8. The van der Waals surface area contributed by atoms with Crippen LogP contribution in [0.1, 0.15) is 18.4 Å². The van der Waals surface area contributed by atoms with Crippen molar-refractivity contribution in [2.75, 3.05) is 25.1 Å². The number of carbonyl (C=O) groups excluding carboxylic acids is 1. The summed E-state index contributed by atoms with van der Waals surface area (Å²) >= 11 is 0. The zero-order valence-electron chi connectivity index (χ0n) is 9.06. The van der Waals surface area contributed by atoms with Crippen LogP contribution in [0, 0.1) is 0 Å². The third-order valence-corrected chi connectivity index (χ3v) is 2.81. The van der Waals surface area contributed by atoms with E-state index in [9.17, 15) is 4.79 Å². The van der Waals surface area contributed by atoms with E-state index >= 15 is 0 Å². The molecule has 3 heteroatoms. The number of aldehydes is 1. The van der Waals surface area contributed by atoms with Gasteiger partial charge in [-0.2, -0.15) is 0 Å². The van der Waals surface area contributed by atoms with Crippen molar-refractivity contribution in [3.8, 4) is 5.75 Å². The fraction of sp³-hybridized carbons (Fsp3) is 0.417. The van der Waals surface area contributed by atoms with Crippen LogP contribution in [-0.2, 0) is 4.79 Å². The standard InChI is InChI=1S/C12H15NO2/c1-9(8-14)10-3-4-12-11(7-10)13(2)5-6-15-12/h3-4,7-9H,5-6H2,1-2H3. The second-order valence-electron chi connectivity index (χ2n) is 3.92. The Morgan fingerprint density at radius 1 is 1.53 bits per heavy atom. The van der Waals surface area contributed by atoms with E-state index in [2.05, 4.69) is 4.90 Å². The van der Waals surface area contributed by atoms with Gasteiger partial charge in [0, 0.05) is 13.0 Å². The molecule has 15 heavy (non-hydrogen) atoms. The van der Waals surface area contributed by atoms with Crippen molar-refractivity contribution < 1.29 is 9.53 Å². The monoisotopic (exact) mass is 205 g/mol. The maximum atomic E-state index is 10.7. The molecule has 1 heterocycles. The summed E-state index contributed by atoms with van der Waals surface area (Å²) in [6.07, 6.45) is 0.964. The molecule has 1 aliphatic heterocycles. The van der Waals surface area contributed by atoms with E-state index < -0.39 is 0 Å². The quantitative estimate of drug-likeness (QED) is 0.690. The molecule has 0 saturated heterocycles. The van der Waals surface area contributed by atoms with Gasteiger partial charge in [0.1, 0.15) is 18.6 Å². The lowest BCUT2D eigenvalue weighted by molar-refractivity contribution is -0.108. The summed E-state index contributed by atoms with van der Waals surface area (Å²) in [5, 5.41) is 0. The molecule has 80 valence electrons. The van der Waals surface area contributed by atoms with Crippen LogP contribution in [0.2, 0.25) is 0 Å². The Morgan fingerprint density at radius 2 is 2.33 bits per heavy atom. The van der Waals surface area contributed by atoms with E-state index in [1.165, 1.54) is 0 Å². The predicted molar refractivity (Wildman–Crippen MR) is 59.7 cm³/mol. The van der Waals surface area contributed by atoms with Crippen molar-refractivity contribution in [3.05, 3.63) is 23.8 Å². The molecule has 0 radical (unpaired) electrons. The van der Waals surface area contributed by atoms with Gasteiger partial charge in [-0.25, -0.2) is 0 Å². The number of ether oxygens (including phenoxy) is 1. The number of hydrogen-bond acceptors (Lipinski definition) is 3. The molecule has 0 spiro atoms. The highest BCUT2D eigenvalue weighted by Gasteiger charge is 2.16. The van der Waals surface area contributed by atoms with Crippen molar-refractivity contribution in [1.29, 1.82) is 0 Å². The summed E-state index contributed by atoms with van der Waals surface area (Å²) in [6.45, 7) is 3.52. The second-order valence-corrected chi connectivity index (χ2v) is 3.92. The van der Waals surface area contributed by atoms with Crippen LogP contribution in [0.4, 0.5) is 5.69 Å². The van der Waals surface area contributed by atoms with E-state index in [4.69, 9.17) is 4.74 Å². The minimum absolute atomic E-state index is 0.0503. The first-order valence-corrected chi connectivity index (χ1v) is 5.15. The van der Waals surface area contributed by atoms with Crippen molar-refractivity contribution >= 4 is 12.0 Å². The van der Waals surface area contributed by atoms with Crippen LogP contribution in [0.5, 0.6) is 5.75 Å². The summed E-state index contributed by atoms with van der Waals surface area (Å²) in [4.78, 5) is 12.9. The van der Waals surface area contributed by atoms with Gasteiger partial charge in [0.05, 0.1) is 12.2 Å². The van der Waals surface area contributed by atoms with E-state index in [0.29, 0.717) is 0 Å². The molecular formula is C12H15NO2. The minimum Gasteiger partial charge on any atom is -0.490 e. The largest absolute Gasteiger partial charge is 0.490 e. The Labute approximate surface area is 89.7 Å². The molecule has 0 bridgehead atoms. The summed E-state index contributed by atoms with van der Waals surface area (Å²) in [6, 6.07) is 5.94. The number of anilines is 1. The van der Waals surface area contributed by atoms with Crippen LogP contribution >= 0.6 is 0 Å². The molecular weight excluding hydrogens is 190 g/mol. The van der Waals surface area contributed by atoms with Gasteiger partial charge in [0.2, 0.25) is 0 Å². The summed E-state index contributed by atoms with van der Waals surface area (Å²) in [5.41, 5.74) is 2.12. The van der Waals surface area contributed by atoms with Crippen LogP contribution < -0.4 is 9.64 Å². The van der Waals surface area contributed by atoms with Crippen molar-refractivity contribution in [2.24, 2.45) is 0 Å². The van der Waals surface area contributed by atoms with Crippen LogP contribution in [0.3, 0.4) is 0 Å². The lowest BCUT2D eigenvalue weighted by atomic mass is 10.0. The van der Waals surface area contributed by atoms with Crippen LogP contribution in [-0.4, -0.2) is 26.5 Å². The van der Waals surface area contributed by atoms with Gasteiger partial charge >= 0.3 is 0 Å². The molecule has 1 aliphatic rings. The molecule has 0 amide bonds. The zero-order valence-corrected chi connectivity index (χ0v) is 9.06. The average Bonchev–Trinajstić information content (AvgIpc) is 2.28. The van der Waals surface area contributed by atoms with E-state index in [0.717, 1.165) is 36.4 Å². The number of rotatable bonds is 2. The predicted octanol–water partition coefficient (Wildman–Crippen LogP) is 1.82. The molecule has 1 aromatic carbocycles. The molecule has 1 unspecified atom stereocenters. The van der Waals surface area contributed by atoms with E-state index in [1.807, 2.05) is 32.2 Å². The van der Waals surface area contributed by atoms with Gasteiger partial charge in [0.25, 0.3) is 0 Å². The lowest BCUT2D eigenvalue weighted by Gasteiger charge is -2.28. The number of hydrogen-bond donors (Lipinski definition) is 0. The van der Waals surface area contributed by atoms with Gasteiger partial charge in [-0.3, -0.25) is 0 Å². The molecule has 0 fully saturated rings. The lowest BCUT2D eigenvalue weighted by Crippen LogP contribution is -2.28. The van der Waals surface area contributed by atoms with Crippen LogP contribution in [0.25, 0.3) is 0 Å². The third kappa shape index (κ3) is 1.82. The molecule has 3 nitrogen and oxygen atoms in total. The summed E-state index contributed by atoms with van der Waals surface area (Å²) in [5.74, 6) is 0.858. The molecule has 0 N–H and O–H groups in total. The average molecular weight is 205 g/mol. The number of likely N-dealkylation sites (N-methyl/N-ethyl adjacent to an activating group) is 1. The highest BCUT2D eigenvalue weighted by atomic mass is 16.5. The fourth-order valence-electron chi connectivity index (χ4n) is 1.73. The summed E-state index contributed by atoms with van der Waals surface area (Å²) < 4.78 is 5.53. The normalized spacial score (nSPS) is 16.5.